The highest BCUT2D eigenvalue weighted by molar-refractivity contribution is 5.78. The van der Waals surface area contributed by atoms with Crippen molar-refractivity contribution in [1.29, 1.82) is 0 Å². The predicted octanol–water partition coefficient (Wildman–Crippen LogP) is 2.39. The summed E-state index contributed by atoms with van der Waals surface area (Å²) in [6.45, 7) is 9.14. The maximum Gasteiger partial charge on any atom is 0.260 e. The quantitative estimate of drug-likeness (QED) is 0.785. The van der Waals surface area contributed by atoms with Crippen molar-refractivity contribution in [3.63, 3.8) is 0 Å². The van der Waals surface area contributed by atoms with E-state index in [1.807, 2.05) is 24.8 Å². The van der Waals surface area contributed by atoms with Crippen LogP contribution < -0.4 is 5.32 Å². The SMILES string of the molecule is Cc1cc2n(n1)[C@@H](C(F)F)C[C@@H]([C@H]1CCCN(C(=O)[C@@H](C)CN3CCOCC3)C1)N2. The average Bonchev–Trinajstić information content (AvgIpc) is 3.13. The number of aromatic nitrogens is 2. The number of nitrogens with zero attached hydrogens (tertiary/aromatic N) is 4. The summed E-state index contributed by atoms with van der Waals surface area (Å²) in [6, 6.07) is 0.849. The molecule has 0 bridgehead atoms. The Hall–Kier alpha value is -1.74. The minimum absolute atomic E-state index is 0.0703. The van der Waals surface area contributed by atoms with Crippen LogP contribution in [0.15, 0.2) is 6.07 Å². The van der Waals surface area contributed by atoms with Crippen molar-refractivity contribution in [2.45, 2.75) is 51.6 Å². The summed E-state index contributed by atoms with van der Waals surface area (Å²) in [4.78, 5) is 17.3. The second-order valence-corrected chi connectivity index (χ2v) is 9.00. The summed E-state index contributed by atoms with van der Waals surface area (Å²) in [5.41, 5.74) is 0.737. The molecule has 7 nitrogen and oxygen atoms in total. The molecule has 1 aromatic rings. The minimum Gasteiger partial charge on any atom is -0.379 e. The van der Waals surface area contributed by atoms with Gasteiger partial charge in [-0.2, -0.15) is 5.10 Å². The number of alkyl halides is 2. The maximum atomic E-state index is 13.7. The molecule has 4 atom stereocenters. The van der Waals surface area contributed by atoms with Gasteiger partial charge in [0, 0.05) is 50.7 Å². The Labute approximate surface area is 176 Å². The van der Waals surface area contributed by atoms with Crippen LogP contribution >= 0.6 is 0 Å². The zero-order valence-corrected chi connectivity index (χ0v) is 17.9. The average molecular weight is 426 g/mol. The van der Waals surface area contributed by atoms with E-state index in [0.29, 0.717) is 18.8 Å². The number of aryl methyl sites for hydroxylation is 1. The molecule has 0 saturated carbocycles. The molecule has 0 unspecified atom stereocenters. The van der Waals surface area contributed by atoms with Gasteiger partial charge in [-0.15, -0.1) is 0 Å². The molecule has 4 rings (SSSR count). The number of halogens is 2. The highest BCUT2D eigenvalue weighted by Gasteiger charge is 2.39. The van der Waals surface area contributed by atoms with Gasteiger partial charge >= 0.3 is 0 Å². The zero-order valence-electron chi connectivity index (χ0n) is 17.9. The van der Waals surface area contributed by atoms with Gasteiger partial charge in [-0.05, 0) is 32.1 Å². The number of ether oxygens (including phenoxy) is 1. The lowest BCUT2D eigenvalue weighted by atomic mass is 9.85. The molecular formula is C21H33F2N5O2. The van der Waals surface area contributed by atoms with Gasteiger partial charge in [0.2, 0.25) is 5.91 Å². The monoisotopic (exact) mass is 425 g/mol. The van der Waals surface area contributed by atoms with Gasteiger partial charge in [-0.1, -0.05) is 6.92 Å². The molecule has 1 amide bonds. The summed E-state index contributed by atoms with van der Waals surface area (Å²) in [6.07, 6.45) is -0.261. The van der Waals surface area contributed by atoms with Gasteiger partial charge < -0.3 is 15.0 Å². The van der Waals surface area contributed by atoms with Gasteiger partial charge in [-0.3, -0.25) is 9.69 Å². The molecule has 3 aliphatic rings. The highest BCUT2D eigenvalue weighted by Crippen LogP contribution is 2.36. The second kappa shape index (κ2) is 9.18. The number of hydrogen-bond acceptors (Lipinski definition) is 5. The Kier molecular flexibility index (Phi) is 6.57. The Balaban J connectivity index is 1.39. The van der Waals surface area contributed by atoms with Crippen LogP contribution in [0.25, 0.3) is 0 Å². The molecule has 2 saturated heterocycles. The molecule has 0 aromatic carbocycles. The first-order valence-corrected chi connectivity index (χ1v) is 11.1. The van der Waals surface area contributed by atoms with Crippen LogP contribution in [0, 0.1) is 18.8 Å². The summed E-state index contributed by atoms with van der Waals surface area (Å²) in [7, 11) is 0. The van der Waals surface area contributed by atoms with Crippen LogP contribution in [-0.4, -0.2) is 83.9 Å². The molecular weight excluding hydrogens is 392 g/mol. The van der Waals surface area contributed by atoms with Crippen molar-refractivity contribution >= 4 is 11.7 Å². The highest BCUT2D eigenvalue weighted by atomic mass is 19.3. The molecule has 1 aromatic heterocycles. The zero-order chi connectivity index (χ0) is 21.3. The van der Waals surface area contributed by atoms with Crippen molar-refractivity contribution in [3.05, 3.63) is 11.8 Å². The fraction of sp³-hybridized carbons (Fsp3) is 0.810. The van der Waals surface area contributed by atoms with E-state index in [2.05, 4.69) is 15.3 Å². The van der Waals surface area contributed by atoms with E-state index in [-0.39, 0.29) is 23.8 Å². The van der Waals surface area contributed by atoms with Crippen LogP contribution in [0.5, 0.6) is 0 Å². The van der Waals surface area contributed by atoms with Crippen LogP contribution in [-0.2, 0) is 9.53 Å². The summed E-state index contributed by atoms with van der Waals surface area (Å²) >= 11 is 0. The van der Waals surface area contributed by atoms with Gasteiger partial charge in [-0.25, -0.2) is 13.5 Å². The van der Waals surface area contributed by atoms with Gasteiger partial charge in [0.25, 0.3) is 6.43 Å². The van der Waals surface area contributed by atoms with Crippen LogP contribution in [0.1, 0.15) is 37.9 Å². The lowest BCUT2D eigenvalue weighted by Gasteiger charge is -2.42. The smallest absolute Gasteiger partial charge is 0.260 e. The number of amides is 1. The molecule has 30 heavy (non-hydrogen) atoms. The Morgan fingerprint density at radius 1 is 1.33 bits per heavy atom. The molecule has 0 aliphatic carbocycles. The van der Waals surface area contributed by atoms with Gasteiger partial charge in [0.05, 0.1) is 18.9 Å². The number of nitrogens with one attached hydrogen (secondary N) is 1. The normalized spacial score (nSPS) is 28.8. The molecule has 0 radical (unpaired) electrons. The Morgan fingerprint density at radius 2 is 2.10 bits per heavy atom. The second-order valence-electron chi connectivity index (χ2n) is 9.00. The first-order chi connectivity index (χ1) is 14.4. The fourth-order valence-electron chi connectivity index (χ4n) is 5.11. The summed E-state index contributed by atoms with van der Waals surface area (Å²) in [5, 5.41) is 7.69. The van der Waals surface area contributed by atoms with Crippen LogP contribution in [0.4, 0.5) is 14.6 Å². The molecule has 2 fully saturated rings. The number of likely N-dealkylation sites (tertiary alicyclic amines) is 1. The van der Waals surface area contributed by atoms with Crippen molar-refractivity contribution in [2.24, 2.45) is 11.8 Å². The van der Waals surface area contributed by atoms with E-state index in [9.17, 15) is 13.6 Å². The van der Waals surface area contributed by atoms with Crippen molar-refractivity contribution < 1.29 is 18.3 Å². The Morgan fingerprint density at radius 3 is 2.83 bits per heavy atom. The number of piperidine rings is 1. The number of rotatable bonds is 5. The molecule has 9 heteroatoms. The summed E-state index contributed by atoms with van der Waals surface area (Å²) < 4.78 is 34.3. The van der Waals surface area contributed by atoms with E-state index in [0.717, 1.165) is 57.9 Å². The Bertz CT molecular complexity index is 737. The minimum atomic E-state index is -2.46. The maximum absolute atomic E-state index is 13.7. The predicted molar refractivity (Wildman–Crippen MR) is 110 cm³/mol. The third-order valence-electron chi connectivity index (χ3n) is 6.69. The van der Waals surface area contributed by atoms with E-state index >= 15 is 0 Å². The molecule has 3 aliphatic heterocycles. The van der Waals surface area contributed by atoms with Crippen molar-refractivity contribution in [3.8, 4) is 0 Å². The topological polar surface area (TPSA) is 62.6 Å². The van der Waals surface area contributed by atoms with Crippen LogP contribution in [0.2, 0.25) is 0 Å². The number of morpholine rings is 1. The standard InChI is InChI=1S/C21H33F2N5O2/c1-14(12-26-6-8-30-9-7-26)21(29)27-5-3-4-16(13-27)17-11-18(20(22)23)28-19(24-17)10-15(2)25-28/h10,14,16-18,20,24H,3-9,11-13H2,1-2H3/t14-,16-,17-,18+/m0/s1. The van der Waals surface area contributed by atoms with Gasteiger partial charge in [0.1, 0.15) is 11.9 Å². The number of carbonyl (C=O) groups is 1. The van der Waals surface area contributed by atoms with Crippen molar-refractivity contribution in [2.75, 3.05) is 51.3 Å². The van der Waals surface area contributed by atoms with E-state index < -0.39 is 12.5 Å². The van der Waals surface area contributed by atoms with E-state index in [1.165, 1.54) is 4.68 Å². The number of carbonyl (C=O) groups excluding carboxylic acids is 1. The molecule has 168 valence electrons. The number of anilines is 1. The fourth-order valence-corrected chi connectivity index (χ4v) is 5.11. The third-order valence-corrected chi connectivity index (χ3v) is 6.69. The van der Waals surface area contributed by atoms with E-state index in [1.54, 1.807) is 0 Å². The van der Waals surface area contributed by atoms with Gasteiger partial charge in [0.15, 0.2) is 0 Å². The lowest BCUT2D eigenvalue weighted by molar-refractivity contribution is -0.138. The molecule has 4 heterocycles. The first-order valence-electron chi connectivity index (χ1n) is 11.1. The third kappa shape index (κ3) is 4.61. The number of fused-ring (bicyclic) bond motifs is 1. The molecule has 1 N–H and O–H groups in total. The molecule has 0 spiro atoms. The summed E-state index contributed by atoms with van der Waals surface area (Å²) in [5.74, 6) is 0.939. The largest absolute Gasteiger partial charge is 0.379 e. The number of hydrogen-bond donors (Lipinski definition) is 1. The van der Waals surface area contributed by atoms with Crippen LogP contribution in [0.3, 0.4) is 0 Å². The first kappa shape index (κ1) is 21.5. The van der Waals surface area contributed by atoms with Crippen molar-refractivity contribution in [1.82, 2.24) is 19.6 Å². The van der Waals surface area contributed by atoms with E-state index in [4.69, 9.17) is 4.74 Å². The lowest BCUT2D eigenvalue weighted by Crippen LogP contribution is -2.50.